The van der Waals surface area contributed by atoms with Crippen molar-refractivity contribution < 1.29 is 18.9 Å². The molecule has 40 heavy (non-hydrogen) atoms. The van der Waals surface area contributed by atoms with E-state index in [1.807, 2.05) is 72.8 Å². The Kier molecular flexibility index (Phi) is 7.84. The maximum absolute atomic E-state index is 6.20. The molecule has 1 aromatic heterocycles. The predicted molar refractivity (Wildman–Crippen MR) is 156 cm³/mol. The Labute approximate surface area is 235 Å². The lowest BCUT2D eigenvalue weighted by Crippen LogP contribution is -2.45. The Morgan fingerprint density at radius 1 is 0.800 bits per heavy atom. The highest BCUT2D eigenvalue weighted by molar-refractivity contribution is 5.69. The summed E-state index contributed by atoms with van der Waals surface area (Å²) in [5, 5.41) is 3.52. The number of aryl methyl sites for hydroxylation is 1. The van der Waals surface area contributed by atoms with E-state index in [-0.39, 0.29) is 5.79 Å². The first-order valence-electron chi connectivity index (χ1n) is 13.9. The zero-order chi connectivity index (χ0) is 27.2. The van der Waals surface area contributed by atoms with Crippen molar-refractivity contribution in [1.29, 1.82) is 0 Å². The van der Waals surface area contributed by atoms with Crippen molar-refractivity contribution in [2.45, 2.75) is 38.8 Å². The monoisotopic (exact) mass is 537 g/mol. The first-order chi connectivity index (χ1) is 19.7. The van der Waals surface area contributed by atoms with Gasteiger partial charge in [0.25, 0.3) is 0 Å². The van der Waals surface area contributed by atoms with Gasteiger partial charge in [-0.3, -0.25) is 0 Å². The number of piperidine rings is 1. The molecule has 0 atom stereocenters. The fraction of sp³-hybridized carbons (Fsp3) is 0.303. The van der Waals surface area contributed by atoms with Crippen LogP contribution in [0.2, 0.25) is 0 Å². The second-order valence-electron chi connectivity index (χ2n) is 10.3. The summed E-state index contributed by atoms with van der Waals surface area (Å²) in [5.41, 5.74) is 6.36. The van der Waals surface area contributed by atoms with Gasteiger partial charge >= 0.3 is 0 Å². The number of nitrogens with zero attached hydrogens (tertiary/aromatic N) is 2. The Morgan fingerprint density at radius 2 is 1.45 bits per heavy atom. The number of pyridine rings is 1. The van der Waals surface area contributed by atoms with Gasteiger partial charge in [0, 0.05) is 43.4 Å². The van der Waals surface area contributed by atoms with Crippen molar-refractivity contribution in [1.82, 2.24) is 4.98 Å². The highest BCUT2D eigenvalue weighted by Gasteiger charge is 2.40. The number of hydrogen-bond donors (Lipinski definition) is 1. The average molecular weight is 538 g/mol. The summed E-state index contributed by atoms with van der Waals surface area (Å²) in [5.74, 6) is 0.641. The molecule has 1 spiro atoms. The quantitative estimate of drug-likeness (QED) is 0.257. The first kappa shape index (κ1) is 26.2. The molecule has 0 radical (unpaired) electrons. The lowest BCUT2D eigenvalue weighted by Gasteiger charge is -2.39. The summed E-state index contributed by atoms with van der Waals surface area (Å²) >= 11 is 0. The summed E-state index contributed by atoms with van der Waals surface area (Å²) in [7, 11) is 0. The van der Waals surface area contributed by atoms with Gasteiger partial charge in [0.2, 0.25) is 11.8 Å². The summed E-state index contributed by atoms with van der Waals surface area (Å²) < 4.78 is 24.0. The molecule has 7 nitrogen and oxygen atoms in total. The van der Waals surface area contributed by atoms with Crippen LogP contribution in [0.3, 0.4) is 0 Å². The van der Waals surface area contributed by atoms with E-state index in [0.717, 1.165) is 48.4 Å². The van der Waals surface area contributed by atoms with Gasteiger partial charge in [-0.15, -0.1) is 0 Å². The maximum Gasteiger partial charge on any atom is 0.241 e. The molecule has 0 amide bonds. The Bertz CT molecular complexity index is 1400. The number of hydrogen-bond acceptors (Lipinski definition) is 7. The van der Waals surface area contributed by atoms with Gasteiger partial charge in [0.15, 0.2) is 5.79 Å². The third kappa shape index (κ3) is 6.22. The van der Waals surface area contributed by atoms with E-state index in [4.69, 9.17) is 23.9 Å². The Morgan fingerprint density at radius 3 is 2.10 bits per heavy atom. The van der Waals surface area contributed by atoms with Crippen LogP contribution in [0, 0.1) is 6.92 Å². The average Bonchev–Trinajstić information content (AvgIpc) is 3.45. The number of rotatable bonds is 9. The summed E-state index contributed by atoms with van der Waals surface area (Å²) in [6.45, 7) is 6.23. The first-order valence-corrected chi connectivity index (χ1v) is 13.9. The lowest BCUT2D eigenvalue weighted by molar-refractivity contribution is -0.169. The van der Waals surface area contributed by atoms with Gasteiger partial charge in [-0.1, -0.05) is 60.7 Å². The van der Waals surface area contributed by atoms with Crippen molar-refractivity contribution in [3.8, 4) is 11.8 Å². The summed E-state index contributed by atoms with van der Waals surface area (Å²) in [6.07, 6.45) is 1.78. The third-order valence-electron chi connectivity index (χ3n) is 7.44. The van der Waals surface area contributed by atoms with Crippen molar-refractivity contribution in [3.05, 3.63) is 108 Å². The van der Waals surface area contributed by atoms with E-state index < -0.39 is 0 Å². The van der Waals surface area contributed by atoms with Gasteiger partial charge in [0.05, 0.1) is 13.2 Å². The van der Waals surface area contributed by atoms with Crippen LogP contribution in [0.1, 0.15) is 29.5 Å². The smallest absolute Gasteiger partial charge is 0.241 e. The zero-order valence-electron chi connectivity index (χ0n) is 22.8. The van der Waals surface area contributed by atoms with E-state index in [1.54, 1.807) is 0 Å². The molecule has 4 aromatic rings. The predicted octanol–water partition coefficient (Wildman–Crippen LogP) is 6.63. The van der Waals surface area contributed by atoms with Crippen LogP contribution in [0.4, 0.5) is 17.1 Å². The van der Waals surface area contributed by atoms with Crippen molar-refractivity contribution in [3.63, 3.8) is 0 Å². The largest absolute Gasteiger partial charge is 0.473 e. The third-order valence-corrected chi connectivity index (χ3v) is 7.44. The normalized spacial score (nSPS) is 16.2. The fourth-order valence-electron chi connectivity index (χ4n) is 5.28. The highest BCUT2D eigenvalue weighted by Crippen LogP contribution is 2.36. The van der Waals surface area contributed by atoms with Crippen molar-refractivity contribution in [2.75, 3.05) is 36.5 Å². The van der Waals surface area contributed by atoms with Crippen LogP contribution in [0.15, 0.2) is 91.0 Å². The molecule has 0 aliphatic carbocycles. The Balaban J connectivity index is 1.17. The van der Waals surface area contributed by atoms with Gasteiger partial charge < -0.3 is 29.2 Å². The number of nitrogens with one attached hydrogen (secondary N) is 1. The van der Waals surface area contributed by atoms with Gasteiger partial charge in [0.1, 0.15) is 18.9 Å². The van der Waals surface area contributed by atoms with Crippen molar-refractivity contribution in [2.24, 2.45) is 0 Å². The van der Waals surface area contributed by atoms with E-state index in [1.165, 1.54) is 11.3 Å². The fourth-order valence-corrected chi connectivity index (χ4v) is 5.28. The minimum atomic E-state index is -0.369. The molecule has 0 unspecified atom stereocenters. The number of ether oxygens (including phenoxy) is 4. The van der Waals surface area contributed by atoms with Crippen LogP contribution in [0.25, 0.3) is 0 Å². The standard InChI is InChI=1S/C33H35N3O4/c1-25-22-28(12-14-30(25)36-18-16-33(17-19-36)39-20-21-40-33)34-29-13-15-31(37-23-26-8-4-2-5-9-26)35-32(29)38-24-27-10-6-3-7-11-27/h2-15,22,34H,16-21,23-24H2,1H3. The molecule has 206 valence electrons. The molecule has 6 rings (SSSR count). The van der Waals surface area contributed by atoms with E-state index >= 15 is 0 Å². The van der Waals surface area contributed by atoms with Gasteiger partial charge in [-0.25, -0.2) is 0 Å². The lowest BCUT2D eigenvalue weighted by atomic mass is 10.0. The van der Waals surface area contributed by atoms with Crippen LogP contribution in [-0.2, 0) is 22.7 Å². The SMILES string of the molecule is Cc1cc(Nc2ccc(OCc3ccccc3)nc2OCc2ccccc2)ccc1N1CCC2(CC1)OCCO2. The molecule has 2 saturated heterocycles. The van der Waals surface area contributed by atoms with E-state index in [2.05, 4.69) is 35.3 Å². The zero-order valence-corrected chi connectivity index (χ0v) is 22.8. The van der Waals surface area contributed by atoms with Gasteiger partial charge in [-0.2, -0.15) is 4.98 Å². The van der Waals surface area contributed by atoms with Crippen LogP contribution in [-0.4, -0.2) is 37.1 Å². The molecule has 0 bridgehead atoms. The highest BCUT2D eigenvalue weighted by atomic mass is 16.7. The number of aromatic nitrogens is 1. The summed E-state index contributed by atoms with van der Waals surface area (Å²) in [6, 6.07) is 30.4. The topological polar surface area (TPSA) is 65.1 Å². The van der Waals surface area contributed by atoms with Gasteiger partial charge in [-0.05, 0) is 47.9 Å². The second kappa shape index (κ2) is 12.0. The van der Waals surface area contributed by atoms with Crippen LogP contribution < -0.4 is 19.7 Å². The van der Waals surface area contributed by atoms with E-state index in [0.29, 0.717) is 38.2 Å². The molecule has 3 aromatic carbocycles. The molecule has 0 saturated carbocycles. The van der Waals surface area contributed by atoms with E-state index in [9.17, 15) is 0 Å². The Hall–Kier alpha value is -4.07. The number of anilines is 3. The minimum absolute atomic E-state index is 0.369. The molecule has 7 heteroatoms. The van der Waals surface area contributed by atoms with Crippen LogP contribution in [0.5, 0.6) is 11.8 Å². The van der Waals surface area contributed by atoms with Crippen LogP contribution >= 0.6 is 0 Å². The molecule has 2 aliphatic heterocycles. The van der Waals surface area contributed by atoms with Crippen molar-refractivity contribution >= 4 is 17.1 Å². The minimum Gasteiger partial charge on any atom is -0.473 e. The molecule has 2 aliphatic rings. The summed E-state index contributed by atoms with van der Waals surface area (Å²) in [4.78, 5) is 7.13. The number of benzene rings is 3. The molecular weight excluding hydrogens is 502 g/mol. The second-order valence-corrected chi connectivity index (χ2v) is 10.3. The molecule has 1 N–H and O–H groups in total. The molecular formula is C33H35N3O4. The molecule has 2 fully saturated rings. The maximum atomic E-state index is 6.20. The molecule has 3 heterocycles.